The van der Waals surface area contributed by atoms with Crippen LogP contribution in [-0.4, -0.2) is 41.7 Å². The van der Waals surface area contributed by atoms with Crippen LogP contribution in [0, 0.1) is 5.41 Å². The first-order valence-electron chi connectivity index (χ1n) is 8.10. The highest BCUT2D eigenvalue weighted by Crippen LogP contribution is 2.40. The Hall–Kier alpha value is -1.10. The van der Waals surface area contributed by atoms with Crippen molar-refractivity contribution >= 4 is 0 Å². The minimum atomic E-state index is -1.03. The molecule has 0 spiro atoms. The third-order valence-corrected chi connectivity index (χ3v) is 4.12. The highest BCUT2D eigenvalue weighted by atomic mass is 16.5. The normalized spacial score (nSPS) is 13.3. The molecule has 0 bridgehead atoms. The van der Waals surface area contributed by atoms with Crippen LogP contribution in [0.5, 0.6) is 5.75 Å². The van der Waals surface area contributed by atoms with Crippen LogP contribution in [0.4, 0.5) is 0 Å². The van der Waals surface area contributed by atoms with Crippen molar-refractivity contribution in [2.24, 2.45) is 5.41 Å². The zero-order valence-electron chi connectivity index (χ0n) is 15.3. The van der Waals surface area contributed by atoms with Crippen LogP contribution >= 0.6 is 0 Å². The van der Waals surface area contributed by atoms with Gasteiger partial charge in [0.1, 0.15) is 12.4 Å². The van der Waals surface area contributed by atoms with Gasteiger partial charge in [0.2, 0.25) is 0 Å². The molecule has 23 heavy (non-hydrogen) atoms. The maximum absolute atomic E-state index is 9.47. The summed E-state index contributed by atoms with van der Waals surface area (Å²) in [6.45, 7) is 12.0. The fourth-order valence-corrected chi connectivity index (χ4v) is 2.57. The van der Waals surface area contributed by atoms with E-state index in [0.29, 0.717) is 0 Å². The summed E-state index contributed by atoms with van der Waals surface area (Å²) in [5.74, 6) is 0.740. The van der Waals surface area contributed by atoms with E-state index in [1.165, 1.54) is 5.56 Å². The van der Waals surface area contributed by atoms with Crippen LogP contribution < -0.4 is 4.74 Å². The van der Waals surface area contributed by atoms with E-state index >= 15 is 0 Å². The van der Waals surface area contributed by atoms with Gasteiger partial charge in [-0.05, 0) is 22.5 Å². The van der Waals surface area contributed by atoms with Gasteiger partial charge in [0.25, 0.3) is 0 Å². The van der Waals surface area contributed by atoms with Crippen LogP contribution in [0.15, 0.2) is 18.2 Å². The lowest BCUT2D eigenvalue weighted by atomic mass is 9.75. The summed E-state index contributed by atoms with van der Waals surface area (Å²) in [6, 6.07) is 5.99. The molecule has 0 amide bonds. The monoisotopic (exact) mass is 324 g/mol. The number of ether oxygens (including phenoxy) is 1. The van der Waals surface area contributed by atoms with E-state index < -0.39 is 5.41 Å². The molecule has 0 saturated heterocycles. The summed E-state index contributed by atoms with van der Waals surface area (Å²) in [5.41, 5.74) is 1.16. The Morgan fingerprint density at radius 1 is 0.826 bits per heavy atom. The molecular weight excluding hydrogens is 292 g/mol. The standard InChI is InChI=1S/C19H32O4/c1-17(2,3)14-8-7-9-15(16(14)18(4,5)6)23-13-19(10-20,11-21)12-22/h7-9,20-22H,10-13H2,1-6H3. The first-order valence-corrected chi connectivity index (χ1v) is 8.10. The Kier molecular flexibility index (Phi) is 6.25. The molecule has 0 aliphatic heterocycles. The molecule has 0 heterocycles. The summed E-state index contributed by atoms with van der Waals surface area (Å²) >= 11 is 0. The number of aliphatic hydroxyl groups excluding tert-OH is 3. The van der Waals surface area contributed by atoms with Crippen molar-refractivity contribution in [3.63, 3.8) is 0 Å². The van der Waals surface area contributed by atoms with Gasteiger partial charge in [-0.15, -0.1) is 0 Å². The molecule has 132 valence electrons. The van der Waals surface area contributed by atoms with Gasteiger partial charge in [-0.2, -0.15) is 0 Å². The van der Waals surface area contributed by atoms with Crippen LogP contribution in [0.1, 0.15) is 52.7 Å². The molecule has 0 atom stereocenters. The van der Waals surface area contributed by atoms with E-state index in [-0.39, 0.29) is 37.3 Å². The fraction of sp³-hybridized carbons (Fsp3) is 0.684. The summed E-state index contributed by atoms with van der Waals surface area (Å²) in [4.78, 5) is 0. The quantitative estimate of drug-likeness (QED) is 0.752. The van der Waals surface area contributed by atoms with Gasteiger partial charge in [-0.1, -0.05) is 53.7 Å². The summed E-state index contributed by atoms with van der Waals surface area (Å²) in [5, 5.41) is 28.4. The number of rotatable bonds is 6. The molecule has 4 nitrogen and oxygen atoms in total. The van der Waals surface area contributed by atoms with E-state index in [4.69, 9.17) is 4.74 Å². The second kappa shape index (κ2) is 7.20. The lowest BCUT2D eigenvalue weighted by Gasteiger charge is -2.33. The van der Waals surface area contributed by atoms with Gasteiger partial charge >= 0.3 is 0 Å². The SMILES string of the molecule is CC(C)(C)c1cccc(OCC(CO)(CO)CO)c1C(C)(C)C. The van der Waals surface area contributed by atoms with Gasteiger partial charge in [-0.3, -0.25) is 0 Å². The van der Waals surface area contributed by atoms with Crippen molar-refractivity contribution in [2.45, 2.75) is 52.4 Å². The minimum absolute atomic E-state index is 0.0238. The first-order chi connectivity index (χ1) is 10.5. The predicted octanol–water partition coefficient (Wildman–Crippen LogP) is 2.62. The average molecular weight is 324 g/mol. The van der Waals surface area contributed by atoms with E-state index in [1.807, 2.05) is 12.1 Å². The highest BCUT2D eigenvalue weighted by molar-refractivity contribution is 5.47. The molecule has 0 unspecified atom stereocenters. The number of hydrogen-bond acceptors (Lipinski definition) is 4. The zero-order valence-corrected chi connectivity index (χ0v) is 15.3. The molecule has 0 fully saturated rings. The topological polar surface area (TPSA) is 69.9 Å². The molecular formula is C19H32O4. The molecule has 0 saturated carbocycles. The smallest absolute Gasteiger partial charge is 0.123 e. The summed E-state index contributed by atoms with van der Waals surface area (Å²) in [7, 11) is 0. The van der Waals surface area contributed by atoms with Crippen molar-refractivity contribution in [1.29, 1.82) is 0 Å². The van der Waals surface area contributed by atoms with Crippen LogP contribution in [0.3, 0.4) is 0 Å². The maximum Gasteiger partial charge on any atom is 0.123 e. The zero-order chi connectivity index (χ0) is 17.9. The summed E-state index contributed by atoms with van der Waals surface area (Å²) in [6.07, 6.45) is 0. The van der Waals surface area contributed by atoms with Crippen LogP contribution in [0.25, 0.3) is 0 Å². The fourth-order valence-electron chi connectivity index (χ4n) is 2.57. The van der Waals surface area contributed by atoms with Crippen LogP contribution in [0.2, 0.25) is 0 Å². The van der Waals surface area contributed by atoms with Gasteiger partial charge < -0.3 is 20.1 Å². The molecule has 1 aromatic rings. The highest BCUT2D eigenvalue weighted by Gasteiger charge is 2.32. The Balaban J connectivity index is 3.27. The Bertz CT molecular complexity index is 497. The van der Waals surface area contributed by atoms with Crippen molar-refractivity contribution in [1.82, 2.24) is 0 Å². The van der Waals surface area contributed by atoms with E-state index in [9.17, 15) is 15.3 Å². The summed E-state index contributed by atoms with van der Waals surface area (Å²) < 4.78 is 5.96. The molecule has 0 radical (unpaired) electrons. The first kappa shape index (κ1) is 19.9. The third kappa shape index (κ3) is 4.69. The molecule has 0 aliphatic carbocycles. The molecule has 3 N–H and O–H groups in total. The molecule has 1 aromatic carbocycles. The van der Waals surface area contributed by atoms with E-state index in [0.717, 1.165) is 11.3 Å². The molecule has 0 aliphatic rings. The second-order valence-electron chi connectivity index (χ2n) is 8.44. The Morgan fingerprint density at radius 2 is 1.35 bits per heavy atom. The van der Waals surface area contributed by atoms with Crippen molar-refractivity contribution in [2.75, 3.05) is 26.4 Å². The Morgan fingerprint density at radius 3 is 1.74 bits per heavy atom. The third-order valence-electron chi connectivity index (χ3n) is 4.12. The average Bonchev–Trinajstić information content (AvgIpc) is 2.47. The number of benzene rings is 1. The van der Waals surface area contributed by atoms with Crippen molar-refractivity contribution in [3.8, 4) is 5.75 Å². The van der Waals surface area contributed by atoms with Crippen LogP contribution in [-0.2, 0) is 10.8 Å². The van der Waals surface area contributed by atoms with Crippen molar-refractivity contribution in [3.05, 3.63) is 29.3 Å². The lowest BCUT2D eigenvalue weighted by molar-refractivity contribution is -0.0262. The minimum Gasteiger partial charge on any atom is -0.492 e. The van der Waals surface area contributed by atoms with Gasteiger partial charge in [0.05, 0.1) is 25.2 Å². The Labute approximate surface area is 140 Å². The van der Waals surface area contributed by atoms with Gasteiger partial charge in [0, 0.05) is 5.56 Å². The molecule has 1 rings (SSSR count). The van der Waals surface area contributed by atoms with Crippen molar-refractivity contribution < 1.29 is 20.1 Å². The second-order valence-corrected chi connectivity index (χ2v) is 8.44. The van der Waals surface area contributed by atoms with Gasteiger partial charge in [-0.25, -0.2) is 0 Å². The van der Waals surface area contributed by atoms with Gasteiger partial charge in [0.15, 0.2) is 0 Å². The predicted molar refractivity (Wildman–Crippen MR) is 93.0 cm³/mol. The van der Waals surface area contributed by atoms with E-state index in [1.54, 1.807) is 0 Å². The van der Waals surface area contributed by atoms with E-state index in [2.05, 4.69) is 47.6 Å². The lowest BCUT2D eigenvalue weighted by Crippen LogP contribution is -2.40. The largest absolute Gasteiger partial charge is 0.492 e. The molecule has 0 aromatic heterocycles. The molecule has 4 heteroatoms. The number of aliphatic hydroxyl groups is 3. The maximum atomic E-state index is 9.47. The number of hydrogen-bond donors (Lipinski definition) is 3.